The second-order valence-corrected chi connectivity index (χ2v) is 4.24. The zero-order chi connectivity index (χ0) is 13.0. The molecule has 1 fully saturated rings. The number of nitro groups is 1. The molecule has 1 aromatic heterocycles. The average molecular weight is 251 g/mol. The van der Waals surface area contributed by atoms with Gasteiger partial charge in [0.05, 0.1) is 11.0 Å². The van der Waals surface area contributed by atoms with Crippen LogP contribution in [0.5, 0.6) is 0 Å². The summed E-state index contributed by atoms with van der Waals surface area (Å²) in [5, 5.41) is 10.9. The summed E-state index contributed by atoms with van der Waals surface area (Å²) in [6, 6.07) is 3.09. The van der Waals surface area contributed by atoms with Crippen LogP contribution in [0.3, 0.4) is 0 Å². The van der Waals surface area contributed by atoms with Crippen LogP contribution in [0.25, 0.3) is 0 Å². The van der Waals surface area contributed by atoms with E-state index in [2.05, 4.69) is 4.98 Å². The van der Waals surface area contributed by atoms with Crippen LogP contribution in [-0.2, 0) is 4.74 Å². The number of anilines is 1. The van der Waals surface area contributed by atoms with Crippen LogP contribution in [0.1, 0.15) is 19.8 Å². The van der Waals surface area contributed by atoms with E-state index < -0.39 is 0 Å². The zero-order valence-corrected chi connectivity index (χ0v) is 10.4. The Bertz CT molecular complexity index is 417. The van der Waals surface area contributed by atoms with Crippen molar-refractivity contribution in [2.24, 2.45) is 0 Å². The zero-order valence-electron chi connectivity index (χ0n) is 10.4. The summed E-state index contributed by atoms with van der Waals surface area (Å²) in [7, 11) is 0. The number of hydrogen-bond acceptors (Lipinski definition) is 5. The van der Waals surface area contributed by atoms with Gasteiger partial charge in [-0.05, 0) is 25.8 Å². The van der Waals surface area contributed by atoms with Gasteiger partial charge in [0.1, 0.15) is 0 Å². The molecule has 1 aromatic rings. The van der Waals surface area contributed by atoms with Gasteiger partial charge in [0, 0.05) is 32.0 Å². The van der Waals surface area contributed by atoms with Gasteiger partial charge in [-0.3, -0.25) is 10.1 Å². The quantitative estimate of drug-likeness (QED) is 0.604. The number of nitrogens with zero attached hydrogens (tertiary/aromatic N) is 3. The van der Waals surface area contributed by atoms with Crippen molar-refractivity contribution >= 4 is 11.5 Å². The number of piperidine rings is 1. The first-order valence-corrected chi connectivity index (χ1v) is 6.18. The number of aromatic nitrogens is 1. The third kappa shape index (κ3) is 2.76. The summed E-state index contributed by atoms with van der Waals surface area (Å²) in [5.74, 6) is 0.470. The molecule has 2 heterocycles. The fourth-order valence-corrected chi connectivity index (χ4v) is 2.24. The van der Waals surface area contributed by atoms with E-state index in [4.69, 9.17) is 4.74 Å². The summed E-state index contributed by atoms with van der Waals surface area (Å²) in [5.41, 5.74) is 0.0763. The molecule has 0 radical (unpaired) electrons. The van der Waals surface area contributed by atoms with Crippen LogP contribution in [0.4, 0.5) is 11.5 Å². The highest BCUT2D eigenvalue weighted by atomic mass is 16.6. The summed E-state index contributed by atoms with van der Waals surface area (Å²) in [6.07, 6.45) is 3.65. The largest absolute Gasteiger partial charge is 0.378 e. The molecule has 0 unspecified atom stereocenters. The molecule has 2 rings (SSSR count). The summed E-state index contributed by atoms with van der Waals surface area (Å²) in [4.78, 5) is 16.7. The molecule has 1 aliphatic heterocycles. The van der Waals surface area contributed by atoms with Crippen molar-refractivity contribution in [3.8, 4) is 0 Å². The lowest BCUT2D eigenvalue weighted by molar-refractivity contribution is -0.384. The second kappa shape index (κ2) is 5.77. The maximum atomic E-state index is 10.9. The molecule has 1 saturated heterocycles. The van der Waals surface area contributed by atoms with Gasteiger partial charge in [0.25, 0.3) is 0 Å². The summed E-state index contributed by atoms with van der Waals surface area (Å²) in [6.45, 7) is 4.20. The van der Waals surface area contributed by atoms with Gasteiger partial charge in [0.15, 0.2) is 0 Å². The third-order valence-electron chi connectivity index (χ3n) is 3.11. The molecular formula is C12H17N3O3. The Labute approximate surface area is 106 Å². The molecule has 0 aliphatic carbocycles. The van der Waals surface area contributed by atoms with Gasteiger partial charge in [0.2, 0.25) is 5.82 Å². The average Bonchev–Trinajstić information content (AvgIpc) is 2.40. The Hall–Kier alpha value is -1.69. The predicted octanol–water partition coefficient (Wildman–Crippen LogP) is 2.00. The van der Waals surface area contributed by atoms with Crippen molar-refractivity contribution in [2.75, 3.05) is 24.6 Å². The minimum absolute atomic E-state index is 0.0763. The van der Waals surface area contributed by atoms with Crippen LogP contribution in [0.15, 0.2) is 18.3 Å². The molecule has 6 nitrogen and oxygen atoms in total. The van der Waals surface area contributed by atoms with E-state index in [0.717, 1.165) is 25.9 Å². The fraction of sp³-hybridized carbons (Fsp3) is 0.583. The van der Waals surface area contributed by atoms with Gasteiger partial charge < -0.3 is 9.64 Å². The summed E-state index contributed by atoms with van der Waals surface area (Å²) < 4.78 is 5.56. The van der Waals surface area contributed by atoms with Gasteiger partial charge >= 0.3 is 5.69 Å². The van der Waals surface area contributed by atoms with E-state index >= 15 is 0 Å². The molecule has 0 N–H and O–H groups in total. The van der Waals surface area contributed by atoms with Gasteiger partial charge in [-0.25, -0.2) is 4.98 Å². The molecule has 0 spiro atoms. The number of hydrogen-bond donors (Lipinski definition) is 0. The van der Waals surface area contributed by atoms with E-state index in [1.807, 2.05) is 11.8 Å². The fourth-order valence-electron chi connectivity index (χ4n) is 2.24. The topological polar surface area (TPSA) is 68.5 Å². The standard InChI is InChI=1S/C12H17N3O3/c1-2-18-10-5-8-14(9-6-10)12-11(15(16)17)4-3-7-13-12/h3-4,7,10H,2,5-6,8-9H2,1H3. The van der Waals surface area contributed by atoms with Crippen LogP contribution in [-0.4, -0.2) is 35.7 Å². The molecular weight excluding hydrogens is 234 g/mol. The molecule has 0 bridgehead atoms. The Kier molecular flexibility index (Phi) is 4.09. The van der Waals surface area contributed by atoms with Crippen molar-refractivity contribution in [3.63, 3.8) is 0 Å². The highest BCUT2D eigenvalue weighted by molar-refractivity contribution is 5.57. The Morgan fingerprint density at radius 1 is 1.56 bits per heavy atom. The Morgan fingerprint density at radius 2 is 2.28 bits per heavy atom. The molecule has 98 valence electrons. The molecule has 18 heavy (non-hydrogen) atoms. The molecule has 0 saturated carbocycles. The van der Waals surface area contributed by atoms with Gasteiger partial charge in [-0.1, -0.05) is 0 Å². The summed E-state index contributed by atoms with van der Waals surface area (Å²) >= 11 is 0. The normalized spacial score (nSPS) is 16.8. The number of pyridine rings is 1. The van der Waals surface area contributed by atoms with Crippen LogP contribution >= 0.6 is 0 Å². The minimum Gasteiger partial charge on any atom is -0.378 e. The van der Waals surface area contributed by atoms with E-state index in [0.29, 0.717) is 12.4 Å². The predicted molar refractivity (Wildman–Crippen MR) is 67.8 cm³/mol. The van der Waals surface area contributed by atoms with Crippen molar-refractivity contribution < 1.29 is 9.66 Å². The number of ether oxygens (including phenoxy) is 1. The van der Waals surface area contributed by atoms with Gasteiger partial charge in [-0.15, -0.1) is 0 Å². The molecule has 0 atom stereocenters. The van der Waals surface area contributed by atoms with Crippen LogP contribution in [0.2, 0.25) is 0 Å². The monoisotopic (exact) mass is 251 g/mol. The maximum Gasteiger partial charge on any atom is 0.311 e. The molecule has 1 aliphatic rings. The van der Waals surface area contributed by atoms with E-state index in [9.17, 15) is 10.1 Å². The first kappa shape index (κ1) is 12.8. The first-order valence-electron chi connectivity index (χ1n) is 6.18. The Morgan fingerprint density at radius 3 is 2.89 bits per heavy atom. The SMILES string of the molecule is CCOC1CCN(c2ncccc2[N+](=O)[O-])CC1. The lowest BCUT2D eigenvalue weighted by Crippen LogP contribution is -2.37. The van der Waals surface area contributed by atoms with Gasteiger partial charge in [-0.2, -0.15) is 0 Å². The molecule has 0 aromatic carbocycles. The smallest absolute Gasteiger partial charge is 0.311 e. The van der Waals surface area contributed by atoms with E-state index in [-0.39, 0.29) is 16.7 Å². The van der Waals surface area contributed by atoms with Crippen molar-refractivity contribution in [3.05, 3.63) is 28.4 Å². The minimum atomic E-state index is -0.378. The van der Waals surface area contributed by atoms with E-state index in [1.54, 1.807) is 12.3 Å². The van der Waals surface area contributed by atoms with Crippen molar-refractivity contribution in [1.82, 2.24) is 4.98 Å². The van der Waals surface area contributed by atoms with Crippen LogP contribution < -0.4 is 4.90 Å². The van der Waals surface area contributed by atoms with E-state index in [1.165, 1.54) is 6.07 Å². The highest BCUT2D eigenvalue weighted by Crippen LogP contribution is 2.27. The van der Waals surface area contributed by atoms with Crippen molar-refractivity contribution in [1.29, 1.82) is 0 Å². The molecule has 0 amide bonds. The lowest BCUT2D eigenvalue weighted by atomic mass is 10.1. The third-order valence-corrected chi connectivity index (χ3v) is 3.11. The number of rotatable bonds is 4. The molecule has 6 heteroatoms. The van der Waals surface area contributed by atoms with Crippen LogP contribution in [0, 0.1) is 10.1 Å². The Balaban J connectivity index is 2.07. The highest BCUT2D eigenvalue weighted by Gasteiger charge is 2.25. The lowest BCUT2D eigenvalue weighted by Gasteiger charge is -2.32. The maximum absolute atomic E-state index is 10.9. The van der Waals surface area contributed by atoms with Crippen molar-refractivity contribution in [2.45, 2.75) is 25.9 Å². The second-order valence-electron chi connectivity index (χ2n) is 4.24. The first-order chi connectivity index (χ1) is 8.72.